The number of hydrogen-bond acceptors (Lipinski definition) is 3. The summed E-state index contributed by atoms with van der Waals surface area (Å²) in [6, 6.07) is 5.21. The van der Waals surface area contributed by atoms with E-state index in [4.69, 9.17) is 0 Å². The van der Waals surface area contributed by atoms with Crippen molar-refractivity contribution in [1.82, 2.24) is 9.80 Å². The summed E-state index contributed by atoms with van der Waals surface area (Å²) in [6.45, 7) is 6.52. The molecule has 2 heterocycles. The summed E-state index contributed by atoms with van der Waals surface area (Å²) in [6.07, 6.45) is 3.71. The van der Waals surface area contributed by atoms with E-state index < -0.39 is 0 Å². The minimum Gasteiger partial charge on any atom is -0.508 e. The van der Waals surface area contributed by atoms with Gasteiger partial charge in [-0.05, 0) is 45.3 Å². The fourth-order valence-corrected chi connectivity index (χ4v) is 3.64. The van der Waals surface area contributed by atoms with E-state index in [0.29, 0.717) is 11.6 Å². The van der Waals surface area contributed by atoms with Crippen LogP contribution in [0.4, 0.5) is 4.39 Å². The number of benzene rings is 1. The molecule has 20 heavy (non-hydrogen) atoms. The molecule has 110 valence electrons. The zero-order valence-electron chi connectivity index (χ0n) is 12.1. The molecule has 2 fully saturated rings. The minimum atomic E-state index is -0.301. The smallest absolute Gasteiger partial charge is 0.131 e. The SMILES string of the molecule is CC(c1ccc(O)cc1F)N1CCCN2CCCC2C1. The van der Waals surface area contributed by atoms with E-state index in [0.717, 1.165) is 19.5 Å². The van der Waals surface area contributed by atoms with Crippen LogP contribution in [-0.2, 0) is 0 Å². The van der Waals surface area contributed by atoms with Crippen LogP contribution in [0.2, 0.25) is 0 Å². The van der Waals surface area contributed by atoms with Crippen LogP contribution in [0.25, 0.3) is 0 Å². The molecular formula is C16H23FN2O. The molecule has 2 saturated heterocycles. The van der Waals surface area contributed by atoms with Crippen LogP contribution in [0.3, 0.4) is 0 Å². The maximum absolute atomic E-state index is 14.0. The largest absolute Gasteiger partial charge is 0.508 e. The average molecular weight is 278 g/mol. The zero-order chi connectivity index (χ0) is 14.1. The van der Waals surface area contributed by atoms with Gasteiger partial charge in [-0.3, -0.25) is 9.80 Å². The molecule has 2 unspecified atom stereocenters. The lowest BCUT2D eigenvalue weighted by Crippen LogP contribution is -2.37. The van der Waals surface area contributed by atoms with Gasteiger partial charge in [-0.15, -0.1) is 0 Å². The Balaban J connectivity index is 1.77. The van der Waals surface area contributed by atoms with E-state index in [1.54, 1.807) is 12.1 Å². The molecule has 0 bridgehead atoms. The second kappa shape index (κ2) is 5.70. The minimum absolute atomic E-state index is 0.00344. The molecule has 0 aromatic heterocycles. The molecular weight excluding hydrogens is 255 g/mol. The quantitative estimate of drug-likeness (QED) is 0.901. The summed E-state index contributed by atoms with van der Waals surface area (Å²) in [5.74, 6) is -0.304. The molecule has 1 aromatic rings. The van der Waals surface area contributed by atoms with Crippen molar-refractivity contribution in [3.8, 4) is 5.75 Å². The van der Waals surface area contributed by atoms with Crippen LogP contribution in [-0.4, -0.2) is 47.1 Å². The first-order valence-electron chi connectivity index (χ1n) is 7.61. The second-order valence-electron chi connectivity index (χ2n) is 6.06. The van der Waals surface area contributed by atoms with Crippen LogP contribution in [0, 0.1) is 5.82 Å². The number of fused-ring (bicyclic) bond motifs is 1. The van der Waals surface area contributed by atoms with E-state index in [-0.39, 0.29) is 17.6 Å². The number of phenolic OH excluding ortho intramolecular Hbond substituents is 1. The van der Waals surface area contributed by atoms with Gasteiger partial charge in [0.2, 0.25) is 0 Å². The predicted molar refractivity (Wildman–Crippen MR) is 77.3 cm³/mol. The molecule has 0 radical (unpaired) electrons. The van der Waals surface area contributed by atoms with Gasteiger partial charge in [0.15, 0.2) is 0 Å². The van der Waals surface area contributed by atoms with Gasteiger partial charge >= 0.3 is 0 Å². The third kappa shape index (κ3) is 2.67. The normalized spacial score (nSPS) is 26.2. The standard InChI is InChI=1S/C16H23FN2O/c1-12(15-6-5-14(20)10-16(15)17)19-9-3-8-18-7-2-4-13(18)11-19/h5-6,10,12-13,20H,2-4,7-9,11H2,1H3. The molecule has 3 rings (SSSR count). The summed E-state index contributed by atoms with van der Waals surface area (Å²) in [5, 5.41) is 9.34. The van der Waals surface area contributed by atoms with E-state index in [2.05, 4.69) is 16.7 Å². The van der Waals surface area contributed by atoms with Crippen molar-refractivity contribution < 1.29 is 9.50 Å². The molecule has 3 nitrogen and oxygen atoms in total. The lowest BCUT2D eigenvalue weighted by atomic mass is 10.0. The maximum Gasteiger partial charge on any atom is 0.131 e. The van der Waals surface area contributed by atoms with E-state index in [9.17, 15) is 9.50 Å². The zero-order valence-corrected chi connectivity index (χ0v) is 12.1. The lowest BCUT2D eigenvalue weighted by molar-refractivity contribution is 0.180. The molecule has 0 aliphatic carbocycles. The Kier molecular flexibility index (Phi) is 3.94. The Morgan fingerprint density at radius 1 is 1.25 bits per heavy atom. The van der Waals surface area contributed by atoms with E-state index in [1.807, 2.05) is 0 Å². The fraction of sp³-hybridized carbons (Fsp3) is 0.625. The molecule has 0 amide bonds. The number of hydrogen-bond donors (Lipinski definition) is 1. The Hall–Kier alpha value is -1.13. The highest BCUT2D eigenvalue weighted by Crippen LogP contribution is 2.29. The van der Waals surface area contributed by atoms with E-state index >= 15 is 0 Å². The Bertz CT molecular complexity index is 480. The van der Waals surface area contributed by atoms with Crippen molar-refractivity contribution in [3.63, 3.8) is 0 Å². The van der Waals surface area contributed by atoms with E-state index in [1.165, 1.54) is 32.0 Å². The van der Waals surface area contributed by atoms with Crippen LogP contribution >= 0.6 is 0 Å². The van der Waals surface area contributed by atoms with Crippen molar-refractivity contribution in [2.45, 2.75) is 38.3 Å². The molecule has 0 spiro atoms. The Morgan fingerprint density at radius 2 is 2.05 bits per heavy atom. The molecule has 1 N–H and O–H groups in total. The fourth-order valence-electron chi connectivity index (χ4n) is 3.64. The summed E-state index contributed by atoms with van der Waals surface area (Å²) in [5.41, 5.74) is 0.689. The highest BCUT2D eigenvalue weighted by Gasteiger charge is 2.31. The third-order valence-electron chi connectivity index (χ3n) is 4.82. The van der Waals surface area contributed by atoms with Gasteiger partial charge in [0, 0.05) is 36.8 Å². The molecule has 2 aliphatic heterocycles. The van der Waals surface area contributed by atoms with Crippen LogP contribution in [0.1, 0.15) is 37.8 Å². The number of halogens is 1. The summed E-state index contributed by atoms with van der Waals surface area (Å²) in [7, 11) is 0. The molecule has 1 aromatic carbocycles. The van der Waals surface area contributed by atoms with Gasteiger partial charge < -0.3 is 5.11 Å². The lowest BCUT2D eigenvalue weighted by Gasteiger charge is -2.31. The first-order chi connectivity index (χ1) is 9.65. The highest BCUT2D eigenvalue weighted by molar-refractivity contribution is 5.29. The summed E-state index contributed by atoms with van der Waals surface area (Å²) in [4.78, 5) is 4.98. The average Bonchev–Trinajstić information content (AvgIpc) is 2.75. The molecule has 2 aliphatic rings. The van der Waals surface area contributed by atoms with Gasteiger partial charge in [-0.25, -0.2) is 4.39 Å². The number of aromatic hydroxyl groups is 1. The van der Waals surface area contributed by atoms with Gasteiger partial charge in [0.25, 0.3) is 0 Å². The highest BCUT2D eigenvalue weighted by atomic mass is 19.1. The first-order valence-corrected chi connectivity index (χ1v) is 7.61. The van der Waals surface area contributed by atoms with Gasteiger partial charge in [-0.1, -0.05) is 6.07 Å². The van der Waals surface area contributed by atoms with Crippen LogP contribution < -0.4 is 0 Å². The monoisotopic (exact) mass is 278 g/mol. The summed E-state index contributed by atoms with van der Waals surface area (Å²) < 4.78 is 14.0. The van der Waals surface area contributed by atoms with Crippen LogP contribution in [0.15, 0.2) is 18.2 Å². The van der Waals surface area contributed by atoms with Crippen molar-refractivity contribution in [2.75, 3.05) is 26.2 Å². The van der Waals surface area contributed by atoms with Gasteiger partial charge in [0.05, 0.1) is 0 Å². The topological polar surface area (TPSA) is 26.7 Å². The second-order valence-corrected chi connectivity index (χ2v) is 6.06. The van der Waals surface area contributed by atoms with Crippen LogP contribution in [0.5, 0.6) is 5.75 Å². The Morgan fingerprint density at radius 3 is 2.85 bits per heavy atom. The summed E-state index contributed by atoms with van der Waals surface area (Å²) >= 11 is 0. The van der Waals surface area contributed by atoms with Gasteiger partial charge in [0.1, 0.15) is 11.6 Å². The van der Waals surface area contributed by atoms with Crippen molar-refractivity contribution >= 4 is 0 Å². The predicted octanol–water partition coefficient (Wildman–Crippen LogP) is 2.76. The first kappa shape index (κ1) is 13.8. The maximum atomic E-state index is 14.0. The number of rotatable bonds is 2. The number of nitrogens with zero attached hydrogens (tertiary/aromatic N) is 2. The molecule has 0 saturated carbocycles. The third-order valence-corrected chi connectivity index (χ3v) is 4.82. The number of phenols is 1. The van der Waals surface area contributed by atoms with Crippen molar-refractivity contribution in [1.29, 1.82) is 0 Å². The molecule has 4 heteroatoms. The van der Waals surface area contributed by atoms with Crippen molar-refractivity contribution in [3.05, 3.63) is 29.6 Å². The van der Waals surface area contributed by atoms with Gasteiger partial charge in [-0.2, -0.15) is 0 Å². The Labute approximate surface area is 120 Å². The van der Waals surface area contributed by atoms with Crippen molar-refractivity contribution in [2.24, 2.45) is 0 Å². The molecule has 2 atom stereocenters.